The zero-order chi connectivity index (χ0) is 9.14. The van der Waals surface area contributed by atoms with Crippen LogP contribution < -0.4 is 4.74 Å². The second kappa shape index (κ2) is 3.25. The van der Waals surface area contributed by atoms with Gasteiger partial charge >= 0.3 is 6.16 Å². The van der Waals surface area contributed by atoms with Crippen molar-refractivity contribution in [1.82, 2.24) is 4.98 Å². The Kier molecular flexibility index (Phi) is 2.32. The first-order chi connectivity index (χ1) is 5.59. The van der Waals surface area contributed by atoms with E-state index < -0.39 is 6.16 Å². The zero-order valence-corrected chi connectivity index (χ0v) is 6.77. The van der Waals surface area contributed by atoms with Crippen LogP contribution >= 0.6 is 0 Å². The molecule has 0 atom stereocenters. The van der Waals surface area contributed by atoms with E-state index in [0.29, 0.717) is 5.89 Å². The molecule has 0 radical (unpaired) electrons. The molecule has 0 aliphatic heterocycles. The lowest BCUT2D eigenvalue weighted by molar-refractivity contribution is 0.142. The number of ether oxygens (including phenoxy) is 1. The molecule has 0 saturated heterocycles. The lowest BCUT2D eigenvalue weighted by Crippen LogP contribution is -2.03. The highest BCUT2D eigenvalue weighted by atomic mass is 16.7. The lowest BCUT2D eigenvalue weighted by Gasteiger charge is -1.94. The summed E-state index contributed by atoms with van der Waals surface area (Å²) in [6, 6.07) is 0. The Balaban J connectivity index is 2.70. The second-order valence-electron chi connectivity index (χ2n) is 2.55. The molecule has 0 bridgehead atoms. The third-order valence-corrected chi connectivity index (χ3v) is 1.19. The monoisotopic (exact) mass is 171 g/mol. The number of aromatic nitrogens is 1. The standard InChI is InChI=1S/C7H9NO4/c1-4(2)6-8-5(3-11-6)12-7(9)10/h3-4H,1-2H3,(H,9,10). The summed E-state index contributed by atoms with van der Waals surface area (Å²) in [5.74, 6) is 0.564. The maximum Gasteiger partial charge on any atom is 0.512 e. The van der Waals surface area contributed by atoms with Crippen LogP contribution in [0.1, 0.15) is 25.7 Å². The number of hydrogen-bond acceptors (Lipinski definition) is 4. The number of nitrogens with zero attached hydrogens (tertiary/aromatic N) is 1. The Hall–Kier alpha value is -1.52. The molecule has 1 aromatic heterocycles. The molecule has 66 valence electrons. The molecule has 5 nitrogen and oxygen atoms in total. The minimum Gasteiger partial charge on any atom is -0.449 e. The fourth-order valence-electron chi connectivity index (χ4n) is 0.674. The van der Waals surface area contributed by atoms with Gasteiger partial charge in [-0.25, -0.2) is 4.79 Å². The molecule has 1 aromatic rings. The summed E-state index contributed by atoms with van der Waals surface area (Å²) in [6.07, 6.45) is -0.220. The summed E-state index contributed by atoms with van der Waals surface area (Å²) >= 11 is 0. The summed E-state index contributed by atoms with van der Waals surface area (Å²) in [5, 5.41) is 8.21. The van der Waals surface area contributed by atoms with Gasteiger partial charge in [-0.1, -0.05) is 13.8 Å². The van der Waals surface area contributed by atoms with Crippen molar-refractivity contribution in [2.45, 2.75) is 19.8 Å². The van der Waals surface area contributed by atoms with Crippen LogP contribution in [0.15, 0.2) is 10.7 Å². The van der Waals surface area contributed by atoms with Crippen molar-refractivity contribution in [3.8, 4) is 5.88 Å². The Morgan fingerprint density at radius 3 is 2.83 bits per heavy atom. The highest BCUT2D eigenvalue weighted by Gasteiger charge is 2.10. The molecule has 0 saturated carbocycles. The molecular weight excluding hydrogens is 162 g/mol. The average molecular weight is 171 g/mol. The minimum absolute atomic E-state index is 0.0220. The van der Waals surface area contributed by atoms with Gasteiger partial charge in [0.1, 0.15) is 0 Å². The molecule has 5 heteroatoms. The van der Waals surface area contributed by atoms with E-state index in [4.69, 9.17) is 9.52 Å². The van der Waals surface area contributed by atoms with Gasteiger partial charge in [0.2, 0.25) is 0 Å². The average Bonchev–Trinajstić information content (AvgIpc) is 2.34. The maximum atomic E-state index is 10.0. The molecule has 0 amide bonds. The fourth-order valence-corrected chi connectivity index (χ4v) is 0.674. The number of rotatable bonds is 2. The van der Waals surface area contributed by atoms with E-state index in [1.165, 1.54) is 6.26 Å². The van der Waals surface area contributed by atoms with Gasteiger partial charge in [-0.2, -0.15) is 4.98 Å². The Morgan fingerprint density at radius 2 is 2.42 bits per heavy atom. The largest absolute Gasteiger partial charge is 0.512 e. The van der Waals surface area contributed by atoms with Gasteiger partial charge in [-0.3, -0.25) is 0 Å². The van der Waals surface area contributed by atoms with Crippen molar-refractivity contribution in [3.63, 3.8) is 0 Å². The van der Waals surface area contributed by atoms with Crippen LogP contribution in [-0.2, 0) is 0 Å². The molecule has 0 aliphatic carbocycles. The summed E-state index contributed by atoms with van der Waals surface area (Å²) in [5.41, 5.74) is 0. The Labute approximate surface area is 69.0 Å². The topological polar surface area (TPSA) is 72.6 Å². The summed E-state index contributed by atoms with van der Waals surface area (Å²) in [6.45, 7) is 3.77. The molecule has 12 heavy (non-hydrogen) atoms. The van der Waals surface area contributed by atoms with Crippen LogP contribution in [0.2, 0.25) is 0 Å². The SMILES string of the molecule is CC(C)c1nc(OC(=O)O)co1. The van der Waals surface area contributed by atoms with Gasteiger partial charge in [-0.15, -0.1) is 0 Å². The maximum absolute atomic E-state index is 10.0. The van der Waals surface area contributed by atoms with Crippen molar-refractivity contribution in [3.05, 3.63) is 12.2 Å². The molecule has 1 rings (SSSR count). The van der Waals surface area contributed by atoms with Crippen molar-refractivity contribution in [2.75, 3.05) is 0 Å². The fraction of sp³-hybridized carbons (Fsp3) is 0.429. The van der Waals surface area contributed by atoms with E-state index in [1.54, 1.807) is 0 Å². The first-order valence-corrected chi connectivity index (χ1v) is 3.46. The molecule has 0 unspecified atom stereocenters. The molecule has 0 spiro atoms. The lowest BCUT2D eigenvalue weighted by atomic mass is 10.2. The van der Waals surface area contributed by atoms with Gasteiger partial charge in [0.15, 0.2) is 12.2 Å². The smallest absolute Gasteiger partial charge is 0.449 e. The van der Waals surface area contributed by atoms with E-state index in [1.807, 2.05) is 13.8 Å². The van der Waals surface area contributed by atoms with Crippen molar-refractivity contribution < 1.29 is 19.1 Å². The minimum atomic E-state index is -1.39. The zero-order valence-electron chi connectivity index (χ0n) is 6.77. The Morgan fingerprint density at radius 1 is 1.75 bits per heavy atom. The number of carboxylic acid groups (broad SMARTS) is 1. The third kappa shape index (κ3) is 1.98. The van der Waals surface area contributed by atoms with Crippen LogP contribution in [0.4, 0.5) is 4.79 Å². The molecular formula is C7H9NO4. The van der Waals surface area contributed by atoms with E-state index >= 15 is 0 Å². The third-order valence-electron chi connectivity index (χ3n) is 1.19. The van der Waals surface area contributed by atoms with E-state index in [0.717, 1.165) is 0 Å². The van der Waals surface area contributed by atoms with Crippen molar-refractivity contribution in [1.29, 1.82) is 0 Å². The predicted octanol–water partition coefficient (Wildman–Crippen LogP) is 1.85. The van der Waals surface area contributed by atoms with Gasteiger partial charge < -0.3 is 14.3 Å². The highest BCUT2D eigenvalue weighted by molar-refractivity contribution is 5.60. The molecule has 0 fully saturated rings. The Bertz CT molecular complexity index is 279. The molecule has 0 aliphatic rings. The van der Waals surface area contributed by atoms with Crippen LogP contribution in [0, 0.1) is 0 Å². The predicted molar refractivity (Wildman–Crippen MR) is 39.2 cm³/mol. The van der Waals surface area contributed by atoms with Gasteiger partial charge in [0.05, 0.1) is 0 Å². The van der Waals surface area contributed by atoms with Crippen LogP contribution in [0.25, 0.3) is 0 Å². The van der Waals surface area contributed by atoms with Gasteiger partial charge in [0, 0.05) is 5.92 Å². The molecule has 1 heterocycles. The van der Waals surface area contributed by atoms with Crippen molar-refractivity contribution >= 4 is 6.16 Å². The van der Waals surface area contributed by atoms with Crippen LogP contribution in [-0.4, -0.2) is 16.2 Å². The van der Waals surface area contributed by atoms with E-state index in [-0.39, 0.29) is 11.8 Å². The highest BCUT2D eigenvalue weighted by Crippen LogP contribution is 2.17. The van der Waals surface area contributed by atoms with E-state index in [2.05, 4.69) is 9.72 Å². The first-order valence-electron chi connectivity index (χ1n) is 3.46. The number of oxazole rings is 1. The van der Waals surface area contributed by atoms with Gasteiger partial charge in [-0.05, 0) is 0 Å². The summed E-state index contributed by atoms with van der Waals surface area (Å²) in [4.78, 5) is 13.8. The van der Waals surface area contributed by atoms with Crippen LogP contribution in [0.3, 0.4) is 0 Å². The summed E-state index contributed by atoms with van der Waals surface area (Å²) in [7, 11) is 0. The second-order valence-corrected chi connectivity index (χ2v) is 2.55. The molecule has 1 N–H and O–H groups in total. The summed E-state index contributed by atoms with van der Waals surface area (Å²) < 4.78 is 9.18. The normalized spacial score (nSPS) is 10.2. The quantitative estimate of drug-likeness (QED) is 0.687. The van der Waals surface area contributed by atoms with Gasteiger partial charge in [0.25, 0.3) is 5.88 Å². The van der Waals surface area contributed by atoms with Crippen molar-refractivity contribution in [2.24, 2.45) is 0 Å². The number of hydrogen-bond donors (Lipinski definition) is 1. The first kappa shape index (κ1) is 8.58. The number of carbonyl (C=O) groups is 1. The molecule has 0 aromatic carbocycles. The van der Waals surface area contributed by atoms with E-state index in [9.17, 15) is 4.79 Å². The van der Waals surface area contributed by atoms with Crippen LogP contribution in [0.5, 0.6) is 5.88 Å².